The van der Waals surface area contributed by atoms with E-state index in [0.717, 1.165) is 16.9 Å². The van der Waals surface area contributed by atoms with Gasteiger partial charge in [-0.1, -0.05) is 29.8 Å². The minimum atomic E-state index is -0.370. The Morgan fingerprint density at radius 1 is 1.19 bits per heavy atom. The van der Waals surface area contributed by atoms with Gasteiger partial charge in [0, 0.05) is 16.4 Å². The van der Waals surface area contributed by atoms with Crippen LogP contribution < -0.4 is 20.7 Å². The Hall–Kier alpha value is -2.57. The first-order valence-corrected chi connectivity index (χ1v) is 9.17. The maximum absolute atomic E-state index is 13.0. The molecule has 2 aromatic carbocycles. The van der Waals surface area contributed by atoms with Crippen LogP contribution in [0.25, 0.3) is 0 Å². The Balaban J connectivity index is 1.92. The lowest BCUT2D eigenvalue weighted by molar-refractivity contribution is -0.113. The molecule has 0 spiro atoms. The molecule has 0 radical (unpaired) electrons. The van der Waals surface area contributed by atoms with Crippen LogP contribution in [0, 0.1) is 6.92 Å². The molecule has 2 aromatic rings. The van der Waals surface area contributed by atoms with E-state index in [1.165, 1.54) is 0 Å². The number of nitrogens with one attached hydrogen (secondary N) is 3. The number of benzene rings is 2. The molecule has 1 atom stereocenters. The quantitative estimate of drug-likeness (QED) is 0.673. The van der Waals surface area contributed by atoms with Crippen molar-refractivity contribution >= 4 is 40.5 Å². The number of amides is 1. The fourth-order valence-electron chi connectivity index (χ4n) is 2.91. The number of ether oxygens (including phenoxy) is 1. The number of halogens is 1. The van der Waals surface area contributed by atoms with Crippen LogP contribution >= 0.6 is 23.8 Å². The Labute approximate surface area is 168 Å². The number of hydrogen-bond acceptors (Lipinski definition) is 3. The Kier molecular flexibility index (Phi) is 5.68. The third-order valence-corrected chi connectivity index (χ3v) is 5.02. The van der Waals surface area contributed by atoms with Gasteiger partial charge in [0.15, 0.2) is 5.11 Å². The summed E-state index contributed by atoms with van der Waals surface area (Å²) in [7, 11) is 1.61. The van der Waals surface area contributed by atoms with Gasteiger partial charge in [-0.3, -0.25) is 4.79 Å². The SMILES string of the molecule is COc1ccc(C2NC(=S)NC(C)=C2C(=O)Nc2ccc(C)c(Cl)c2)cc1. The number of carbonyl (C=O) groups is 1. The van der Waals surface area contributed by atoms with Gasteiger partial charge in [-0.2, -0.15) is 0 Å². The van der Waals surface area contributed by atoms with Crippen molar-refractivity contribution in [3.63, 3.8) is 0 Å². The minimum absolute atomic E-state index is 0.226. The van der Waals surface area contributed by atoms with Crippen LogP contribution in [0.2, 0.25) is 5.02 Å². The van der Waals surface area contributed by atoms with Gasteiger partial charge >= 0.3 is 0 Å². The molecular formula is C20H20ClN3O2S. The lowest BCUT2D eigenvalue weighted by atomic mass is 9.95. The highest BCUT2D eigenvalue weighted by Crippen LogP contribution is 2.29. The van der Waals surface area contributed by atoms with Crippen molar-refractivity contribution in [2.24, 2.45) is 0 Å². The van der Waals surface area contributed by atoms with Gasteiger partial charge in [-0.05, 0) is 61.5 Å². The molecule has 0 aromatic heterocycles. The molecule has 0 saturated carbocycles. The summed E-state index contributed by atoms with van der Waals surface area (Å²) in [6.07, 6.45) is 0. The van der Waals surface area contributed by atoms with E-state index in [4.69, 9.17) is 28.6 Å². The first-order chi connectivity index (χ1) is 12.9. The molecule has 27 heavy (non-hydrogen) atoms. The summed E-state index contributed by atoms with van der Waals surface area (Å²) in [5.41, 5.74) is 3.76. The van der Waals surface area contributed by atoms with Crippen LogP contribution in [0.4, 0.5) is 5.69 Å². The predicted molar refractivity (Wildman–Crippen MR) is 112 cm³/mol. The zero-order chi connectivity index (χ0) is 19.6. The molecule has 1 amide bonds. The first-order valence-electron chi connectivity index (χ1n) is 8.39. The lowest BCUT2D eigenvalue weighted by Gasteiger charge is -2.30. The number of carbonyl (C=O) groups excluding carboxylic acids is 1. The second-order valence-corrected chi connectivity index (χ2v) is 7.08. The van der Waals surface area contributed by atoms with E-state index in [-0.39, 0.29) is 11.9 Å². The van der Waals surface area contributed by atoms with Crippen LogP contribution in [0.5, 0.6) is 5.75 Å². The van der Waals surface area contributed by atoms with Gasteiger partial charge in [0.05, 0.1) is 18.7 Å². The number of hydrogen-bond donors (Lipinski definition) is 3. The monoisotopic (exact) mass is 401 g/mol. The summed E-state index contributed by atoms with van der Waals surface area (Å²) in [5, 5.41) is 10.2. The third kappa shape index (κ3) is 4.23. The maximum Gasteiger partial charge on any atom is 0.255 e. The Morgan fingerprint density at radius 3 is 2.52 bits per heavy atom. The van der Waals surface area contributed by atoms with E-state index in [0.29, 0.717) is 27.1 Å². The van der Waals surface area contributed by atoms with Gasteiger partial charge in [0.25, 0.3) is 5.91 Å². The number of aryl methyl sites for hydroxylation is 1. The van der Waals surface area contributed by atoms with Gasteiger partial charge in [-0.15, -0.1) is 0 Å². The Morgan fingerprint density at radius 2 is 1.89 bits per heavy atom. The van der Waals surface area contributed by atoms with E-state index in [2.05, 4.69) is 16.0 Å². The number of rotatable bonds is 4. The molecule has 7 heteroatoms. The van der Waals surface area contributed by atoms with Gasteiger partial charge in [0.1, 0.15) is 5.75 Å². The second-order valence-electron chi connectivity index (χ2n) is 6.26. The van der Waals surface area contributed by atoms with Gasteiger partial charge < -0.3 is 20.7 Å². The molecular weight excluding hydrogens is 382 g/mol. The zero-order valence-electron chi connectivity index (χ0n) is 15.2. The molecule has 0 bridgehead atoms. The third-order valence-electron chi connectivity index (χ3n) is 4.39. The van der Waals surface area contributed by atoms with E-state index < -0.39 is 0 Å². The fourth-order valence-corrected chi connectivity index (χ4v) is 3.36. The molecule has 1 aliphatic rings. The summed E-state index contributed by atoms with van der Waals surface area (Å²) in [6, 6.07) is 12.6. The van der Waals surface area contributed by atoms with E-state index in [1.54, 1.807) is 13.2 Å². The average molecular weight is 402 g/mol. The highest BCUT2D eigenvalue weighted by Gasteiger charge is 2.30. The molecule has 1 heterocycles. The topological polar surface area (TPSA) is 62.4 Å². The van der Waals surface area contributed by atoms with Crippen LogP contribution in [0.3, 0.4) is 0 Å². The van der Waals surface area contributed by atoms with Crippen molar-refractivity contribution in [3.8, 4) is 5.75 Å². The van der Waals surface area contributed by atoms with E-state index in [1.807, 2.05) is 50.2 Å². The molecule has 5 nitrogen and oxygen atoms in total. The number of thiocarbonyl (C=S) groups is 1. The number of methoxy groups -OCH3 is 1. The predicted octanol–water partition coefficient (Wildman–Crippen LogP) is 4.09. The second kappa shape index (κ2) is 7.98. The molecule has 0 fully saturated rings. The van der Waals surface area contributed by atoms with Gasteiger partial charge in [-0.25, -0.2) is 0 Å². The van der Waals surface area contributed by atoms with Crippen LogP contribution in [-0.2, 0) is 4.79 Å². The van der Waals surface area contributed by atoms with Gasteiger partial charge in [0.2, 0.25) is 0 Å². The summed E-state index contributed by atoms with van der Waals surface area (Å²) < 4.78 is 5.21. The smallest absolute Gasteiger partial charge is 0.255 e. The summed E-state index contributed by atoms with van der Waals surface area (Å²) in [4.78, 5) is 13.0. The largest absolute Gasteiger partial charge is 0.497 e. The zero-order valence-corrected chi connectivity index (χ0v) is 16.8. The summed E-state index contributed by atoms with van der Waals surface area (Å²) >= 11 is 11.4. The van der Waals surface area contributed by atoms with E-state index >= 15 is 0 Å². The van der Waals surface area contributed by atoms with E-state index in [9.17, 15) is 4.79 Å². The van der Waals surface area contributed by atoms with Crippen molar-refractivity contribution in [2.75, 3.05) is 12.4 Å². The Bertz CT molecular complexity index is 925. The highest BCUT2D eigenvalue weighted by molar-refractivity contribution is 7.80. The fraction of sp³-hybridized carbons (Fsp3) is 0.200. The molecule has 140 valence electrons. The molecule has 0 saturated heterocycles. The molecule has 0 aliphatic carbocycles. The van der Waals surface area contributed by atoms with Crippen molar-refractivity contribution in [3.05, 3.63) is 69.9 Å². The number of anilines is 1. The maximum atomic E-state index is 13.0. The van der Waals surface area contributed by atoms with Crippen molar-refractivity contribution in [1.82, 2.24) is 10.6 Å². The van der Waals surface area contributed by atoms with Crippen molar-refractivity contribution in [2.45, 2.75) is 19.9 Å². The summed E-state index contributed by atoms with van der Waals surface area (Å²) in [5.74, 6) is 0.520. The van der Waals surface area contributed by atoms with Crippen LogP contribution in [0.1, 0.15) is 24.1 Å². The lowest BCUT2D eigenvalue weighted by Crippen LogP contribution is -2.45. The average Bonchev–Trinajstić information content (AvgIpc) is 2.64. The molecule has 3 rings (SSSR count). The highest BCUT2D eigenvalue weighted by atomic mass is 35.5. The summed E-state index contributed by atoms with van der Waals surface area (Å²) in [6.45, 7) is 3.75. The molecule has 3 N–H and O–H groups in total. The number of allylic oxidation sites excluding steroid dienone is 1. The normalized spacial score (nSPS) is 16.4. The standard InChI is InChI=1S/C20H20ClN3O2S/c1-11-4-7-14(10-16(11)21)23-19(25)17-12(2)22-20(27)24-18(17)13-5-8-15(26-3)9-6-13/h4-10,18H,1-3H3,(H,23,25)(H2,22,24,27). The van der Waals surface area contributed by atoms with Crippen molar-refractivity contribution in [1.29, 1.82) is 0 Å². The first kappa shape index (κ1) is 19.2. The van der Waals surface area contributed by atoms with Crippen LogP contribution in [-0.4, -0.2) is 18.1 Å². The minimum Gasteiger partial charge on any atom is -0.497 e. The van der Waals surface area contributed by atoms with Crippen LogP contribution in [0.15, 0.2) is 53.7 Å². The van der Waals surface area contributed by atoms with Crippen molar-refractivity contribution < 1.29 is 9.53 Å². The molecule has 1 aliphatic heterocycles. The molecule has 1 unspecified atom stereocenters.